The molecule has 7 rings (SSSR count). The zero-order valence-electron chi connectivity index (χ0n) is 40.4. The molecular formula is C50H66N8O7Si2. The third-order valence-corrected chi connectivity index (χ3v) is 15.1. The van der Waals surface area contributed by atoms with E-state index in [4.69, 9.17) is 14.5 Å². The van der Waals surface area contributed by atoms with Crippen LogP contribution in [0.5, 0.6) is 0 Å². The maximum absolute atomic E-state index is 14.9. The molecule has 4 aliphatic heterocycles. The van der Waals surface area contributed by atoms with E-state index in [2.05, 4.69) is 98.4 Å². The number of amides is 4. The molecular weight excluding hydrogens is 881 g/mol. The number of fused-ring (bicyclic) bond motifs is 6. The number of hydrogen-bond donors (Lipinski definition) is 2. The highest BCUT2D eigenvalue weighted by molar-refractivity contribution is 6.29. The number of cyclic esters (lactones) is 1. The molecule has 15 nitrogen and oxygen atoms in total. The van der Waals surface area contributed by atoms with Crippen LogP contribution in [0.2, 0.25) is 5.04 Å². The lowest BCUT2D eigenvalue weighted by atomic mass is 9.84. The molecule has 2 N–H and O–H groups in total. The predicted molar refractivity (Wildman–Crippen MR) is 259 cm³/mol. The van der Waals surface area contributed by atoms with Crippen LogP contribution in [0.15, 0.2) is 55.3 Å². The topological polar surface area (TPSA) is 159 Å². The van der Waals surface area contributed by atoms with Gasteiger partial charge in [0, 0.05) is 98.3 Å². The number of hydrazine groups is 1. The van der Waals surface area contributed by atoms with E-state index in [0.29, 0.717) is 51.9 Å². The van der Waals surface area contributed by atoms with Gasteiger partial charge in [-0.2, -0.15) is 0 Å². The van der Waals surface area contributed by atoms with Gasteiger partial charge in [-0.3, -0.25) is 38.9 Å². The molecule has 3 aromatic rings. The van der Waals surface area contributed by atoms with Crippen LogP contribution >= 0.6 is 0 Å². The first-order chi connectivity index (χ1) is 31.7. The summed E-state index contributed by atoms with van der Waals surface area (Å²) >= 11 is 0. The van der Waals surface area contributed by atoms with E-state index in [1.165, 1.54) is 16.0 Å². The highest BCUT2D eigenvalue weighted by Gasteiger charge is 2.47. The second-order valence-corrected chi connectivity index (χ2v) is 21.7. The number of carbonyl (C=O) groups is 5. The van der Waals surface area contributed by atoms with Crippen LogP contribution in [0.3, 0.4) is 0 Å². The first-order valence-electron chi connectivity index (χ1n) is 23.5. The number of aromatic nitrogens is 2. The Morgan fingerprint density at radius 2 is 1.88 bits per heavy atom. The molecule has 67 heavy (non-hydrogen) atoms. The number of hydrogen-bond acceptors (Lipinski definition) is 10. The number of likely N-dealkylation sites (N-methyl/N-ethyl adjacent to an activating group) is 1. The number of esters is 1. The molecule has 17 heteroatoms. The second-order valence-electron chi connectivity index (χ2n) is 19.9. The number of carbonyl (C=O) groups excluding carboxylic acids is 5. The Balaban J connectivity index is 1.27. The lowest BCUT2D eigenvalue weighted by molar-refractivity contribution is -0.158. The fraction of sp³-hybridized carbons (Fsp3) is 0.560. The average molecular weight is 947 g/mol. The van der Waals surface area contributed by atoms with Gasteiger partial charge in [-0.25, -0.2) is 5.43 Å². The number of rotatable bonds is 10. The minimum absolute atomic E-state index is 0.0970. The third-order valence-electron chi connectivity index (χ3n) is 13.9. The number of pyridine rings is 1. The molecule has 4 amide bonds. The summed E-state index contributed by atoms with van der Waals surface area (Å²) in [6.45, 7) is 18.6. The van der Waals surface area contributed by atoms with Crippen LogP contribution in [0.1, 0.15) is 90.2 Å². The number of benzene rings is 1. The van der Waals surface area contributed by atoms with Crippen molar-refractivity contribution in [3.8, 4) is 11.3 Å². The molecule has 2 fully saturated rings. The molecule has 6 heterocycles. The van der Waals surface area contributed by atoms with Gasteiger partial charge in [-0.1, -0.05) is 46.4 Å². The van der Waals surface area contributed by atoms with E-state index in [0.717, 1.165) is 51.0 Å². The Hall–Kier alpha value is -4.95. The Kier molecular flexibility index (Phi) is 14.9. The summed E-state index contributed by atoms with van der Waals surface area (Å²) in [4.78, 5) is 80.4. The van der Waals surface area contributed by atoms with Crippen molar-refractivity contribution in [3.05, 3.63) is 72.1 Å². The van der Waals surface area contributed by atoms with Gasteiger partial charge >= 0.3 is 5.97 Å². The normalized spacial score (nSPS) is 25.5. The van der Waals surface area contributed by atoms with Crippen molar-refractivity contribution in [2.24, 2.45) is 11.3 Å². The minimum atomic E-state index is -1.41. The molecule has 356 valence electrons. The van der Waals surface area contributed by atoms with E-state index in [9.17, 15) is 24.0 Å². The van der Waals surface area contributed by atoms with Crippen molar-refractivity contribution in [2.75, 3.05) is 60.0 Å². The number of ether oxygens (including phenoxy) is 2. The molecule has 6 bridgehead atoms. The summed E-state index contributed by atoms with van der Waals surface area (Å²) in [5, 5.41) is 3.09. The standard InChI is InChI=1S/C50H66N8O7Si2/c1-10-40(59)56-24-20-49(66,29-56)46(62)54(8)42(31(3)4)44(60)52-38-28-55-22-13-15-34(27-55)33-17-18-39-36(25-33)37(43(57(39)11-2)35-16-12-21-51-41(35)32(5)64-9)26-48(6,7)30-65-47(63)50(67)19-14-23-58(53-50)45(38)61/h10,12,15-18,21,25,31-32,38,42,53H,1,11,13-14,19-20,22-24,26-30H2,2-9H3,(H,52,60)/t32-,38-,42-,49+,50-/m0/s1. The highest BCUT2D eigenvalue weighted by atomic mass is 28.1. The van der Waals surface area contributed by atoms with Crippen LogP contribution in [-0.4, -0.2) is 157 Å². The van der Waals surface area contributed by atoms with E-state index in [1.54, 1.807) is 25.3 Å². The molecule has 1 unspecified atom stereocenters. The maximum Gasteiger partial charge on any atom is 0.323 e. The van der Waals surface area contributed by atoms with Crippen molar-refractivity contribution >= 4 is 66.6 Å². The molecule has 4 aliphatic rings. The quantitative estimate of drug-likeness (QED) is 0.170. The summed E-state index contributed by atoms with van der Waals surface area (Å²) in [7, 11) is 10.7. The highest BCUT2D eigenvalue weighted by Crippen LogP contribution is 2.42. The van der Waals surface area contributed by atoms with Crippen molar-refractivity contribution in [1.29, 1.82) is 0 Å². The van der Waals surface area contributed by atoms with Crippen LogP contribution in [-0.2, 0) is 46.4 Å². The monoisotopic (exact) mass is 946 g/mol. The molecule has 2 aromatic heterocycles. The molecule has 2 saturated heterocycles. The molecule has 1 aromatic carbocycles. The summed E-state index contributed by atoms with van der Waals surface area (Å²) in [6, 6.07) is 8.67. The second kappa shape index (κ2) is 20.0. The van der Waals surface area contributed by atoms with Crippen molar-refractivity contribution in [3.63, 3.8) is 0 Å². The summed E-state index contributed by atoms with van der Waals surface area (Å²) < 4.78 is 14.4. The Morgan fingerprint density at radius 3 is 2.58 bits per heavy atom. The predicted octanol–water partition coefficient (Wildman–Crippen LogP) is 4.35. The van der Waals surface area contributed by atoms with Crippen LogP contribution < -0.4 is 10.7 Å². The number of nitrogens with one attached hydrogen (secondary N) is 2. The minimum Gasteiger partial charge on any atom is -0.464 e. The summed E-state index contributed by atoms with van der Waals surface area (Å²) in [5.41, 5.74) is 9.87. The van der Waals surface area contributed by atoms with E-state index >= 15 is 0 Å². The zero-order chi connectivity index (χ0) is 48.6. The van der Waals surface area contributed by atoms with Crippen molar-refractivity contribution in [1.82, 2.24) is 40.0 Å². The molecule has 0 saturated carbocycles. The largest absolute Gasteiger partial charge is 0.464 e. The Morgan fingerprint density at radius 1 is 1.12 bits per heavy atom. The number of nitrogens with zero attached hydrogens (tertiary/aromatic N) is 6. The first kappa shape index (κ1) is 49.9. The van der Waals surface area contributed by atoms with Gasteiger partial charge in [-0.05, 0) is 98.9 Å². The van der Waals surface area contributed by atoms with Gasteiger partial charge in [0.15, 0.2) is 0 Å². The summed E-state index contributed by atoms with van der Waals surface area (Å²) in [5.74, 6) is -2.40. The van der Waals surface area contributed by atoms with E-state index < -0.39 is 45.5 Å². The molecule has 6 atom stereocenters. The van der Waals surface area contributed by atoms with Crippen molar-refractivity contribution in [2.45, 2.75) is 109 Å². The van der Waals surface area contributed by atoms with Gasteiger partial charge in [0.05, 0.1) is 39.4 Å². The lowest BCUT2D eigenvalue weighted by Crippen LogP contribution is -2.68. The van der Waals surface area contributed by atoms with Crippen LogP contribution in [0.4, 0.5) is 0 Å². The van der Waals surface area contributed by atoms with Gasteiger partial charge in [0.2, 0.25) is 17.7 Å². The Labute approximate surface area is 401 Å². The first-order valence-corrected chi connectivity index (χ1v) is 24.5. The smallest absolute Gasteiger partial charge is 0.323 e. The average Bonchev–Trinajstić information content (AvgIpc) is 3.86. The lowest BCUT2D eigenvalue weighted by Gasteiger charge is -2.42. The molecule has 6 radical (unpaired) electrons. The SMILES string of the molecule is C=CC(=O)N1CC[C@]([Si])(C(=O)N(C)[C@H](C(=O)N[C@H]2CN3CCC=C(C3)c3ccc4c(c3)c(c(-c3cccnc3[C@H](C)OC)n4CC)CC(C)(C)COC(=O)[C@@]3([Si])CCCN(N3)C2=O)C(C)C)C1. The van der Waals surface area contributed by atoms with Gasteiger partial charge in [-0.15, -0.1) is 0 Å². The van der Waals surface area contributed by atoms with Crippen LogP contribution in [0, 0.1) is 11.3 Å². The number of likely N-dealkylation sites (tertiary alicyclic amines) is 1. The van der Waals surface area contributed by atoms with Gasteiger partial charge < -0.3 is 29.2 Å². The maximum atomic E-state index is 14.9. The van der Waals surface area contributed by atoms with E-state index in [1.807, 2.05) is 26.8 Å². The van der Waals surface area contributed by atoms with E-state index in [-0.39, 0.29) is 50.1 Å². The number of methoxy groups -OCH3 is 1. The Bertz CT molecular complexity index is 2450. The van der Waals surface area contributed by atoms with Gasteiger partial charge in [0.1, 0.15) is 17.2 Å². The molecule has 0 spiro atoms. The van der Waals surface area contributed by atoms with Crippen molar-refractivity contribution < 1.29 is 33.4 Å². The fourth-order valence-electron chi connectivity index (χ4n) is 10.3. The number of aryl methyl sites for hydroxylation is 1. The summed E-state index contributed by atoms with van der Waals surface area (Å²) in [6.07, 6.45) is 7.53. The van der Waals surface area contributed by atoms with Gasteiger partial charge in [0.25, 0.3) is 5.91 Å². The third kappa shape index (κ3) is 10.1. The zero-order valence-corrected chi connectivity index (χ0v) is 42.4. The van der Waals surface area contributed by atoms with Crippen LogP contribution in [0.25, 0.3) is 27.7 Å². The fourth-order valence-corrected chi connectivity index (χ4v) is 11.2. The molecule has 0 aliphatic carbocycles.